The molecule has 0 spiro atoms. The third-order valence-electron chi connectivity index (χ3n) is 3.89. The Morgan fingerprint density at radius 3 is 2.60 bits per heavy atom. The van der Waals surface area contributed by atoms with Gasteiger partial charge in [0, 0.05) is 12.6 Å². The lowest BCUT2D eigenvalue weighted by molar-refractivity contribution is 0.347. The zero-order chi connectivity index (χ0) is 14.6. The van der Waals surface area contributed by atoms with Gasteiger partial charge in [0.15, 0.2) is 0 Å². The molecule has 1 aromatic heterocycles. The van der Waals surface area contributed by atoms with E-state index >= 15 is 0 Å². The van der Waals surface area contributed by atoms with Crippen LogP contribution in [0.5, 0.6) is 6.01 Å². The SMILES string of the molecule is CCCNc1nc(NC2CCCC2(C)C)nc(OC)n1. The van der Waals surface area contributed by atoms with Crippen LogP contribution in [-0.2, 0) is 0 Å². The van der Waals surface area contributed by atoms with Gasteiger partial charge in [-0.15, -0.1) is 0 Å². The molecule has 0 aliphatic heterocycles. The average Bonchev–Trinajstić information content (AvgIpc) is 2.75. The minimum Gasteiger partial charge on any atom is -0.467 e. The summed E-state index contributed by atoms with van der Waals surface area (Å²) < 4.78 is 5.15. The predicted molar refractivity (Wildman–Crippen MR) is 80.2 cm³/mol. The number of ether oxygens (including phenoxy) is 1. The maximum atomic E-state index is 5.15. The highest BCUT2D eigenvalue weighted by Crippen LogP contribution is 2.38. The normalized spacial score (nSPS) is 20.7. The summed E-state index contributed by atoms with van der Waals surface area (Å²) in [7, 11) is 1.57. The molecule has 0 radical (unpaired) electrons. The maximum Gasteiger partial charge on any atom is 0.322 e. The summed E-state index contributed by atoms with van der Waals surface area (Å²) in [5.74, 6) is 1.16. The van der Waals surface area contributed by atoms with Gasteiger partial charge in [0.05, 0.1) is 7.11 Å². The molecule has 0 bridgehead atoms. The maximum absolute atomic E-state index is 5.15. The molecule has 1 heterocycles. The molecule has 6 heteroatoms. The molecular weight excluding hydrogens is 254 g/mol. The molecular formula is C14H25N5O. The lowest BCUT2D eigenvalue weighted by atomic mass is 9.87. The smallest absolute Gasteiger partial charge is 0.322 e. The molecule has 20 heavy (non-hydrogen) atoms. The summed E-state index contributed by atoms with van der Waals surface area (Å²) in [6.45, 7) is 7.51. The number of rotatable bonds is 6. The molecule has 1 atom stereocenters. The Balaban J connectivity index is 2.13. The summed E-state index contributed by atoms with van der Waals surface area (Å²) >= 11 is 0. The molecule has 2 rings (SSSR count). The molecule has 6 nitrogen and oxygen atoms in total. The summed E-state index contributed by atoms with van der Waals surface area (Å²) in [6.07, 6.45) is 4.65. The number of methoxy groups -OCH3 is 1. The van der Waals surface area contributed by atoms with Gasteiger partial charge in [-0.2, -0.15) is 15.0 Å². The Morgan fingerprint density at radius 2 is 2.00 bits per heavy atom. The van der Waals surface area contributed by atoms with Crippen LogP contribution in [0, 0.1) is 5.41 Å². The van der Waals surface area contributed by atoms with Gasteiger partial charge in [0.25, 0.3) is 0 Å². The summed E-state index contributed by atoms with van der Waals surface area (Å²) in [5, 5.41) is 6.61. The highest BCUT2D eigenvalue weighted by Gasteiger charge is 2.34. The van der Waals surface area contributed by atoms with Crippen molar-refractivity contribution in [3.63, 3.8) is 0 Å². The van der Waals surface area contributed by atoms with E-state index in [-0.39, 0.29) is 5.41 Å². The van der Waals surface area contributed by atoms with Crippen molar-refractivity contribution in [2.45, 2.75) is 52.5 Å². The minimum atomic E-state index is 0.275. The van der Waals surface area contributed by atoms with E-state index < -0.39 is 0 Å². The van der Waals surface area contributed by atoms with E-state index in [9.17, 15) is 0 Å². The van der Waals surface area contributed by atoms with Gasteiger partial charge < -0.3 is 15.4 Å². The fourth-order valence-corrected chi connectivity index (χ4v) is 2.58. The first-order valence-corrected chi connectivity index (χ1v) is 7.35. The van der Waals surface area contributed by atoms with Crippen molar-refractivity contribution >= 4 is 11.9 Å². The van der Waals surface area contributed by atoms with Crippen LogP contribution >= 0.6 is 0 Å². The molecule has 1 unspecified atom stereocenters. The zero-order valence-electron chi connectivity index (χ0n) is 12.9. The van der Waals surface area contributed by atoms with Crippen LogP contribution in [0.1, 0.15) is 46.5 Å². The Kier molecular flexibility index (Phi) is 4.62. The molecule has 1 aromatic rings. The predicted octanol–water partition coefficient (Wildman–Crippen LogP) is 2.69. The van der Waals surface area contributed by atoms with Crippen molar-refractivity contribution in [1.82, 2.24) is 15.0 Å². The van der Waals surface area contributed by atoms with Gasteiger partial charge >= 0.3 is 6.01 Å². The molecule has 0 amide bonds. The third-order valence-corrected chi connectivity index (χ3v) is 3.89. The van der Waals surface area contributed by atoms with Gasteiger partial charge in [0.2, 0.25) is 11.9 Å². The summed E-state index contributed by atoms with van der Waals surface area (Å²) in [4.78, 5) is 12.9. The van der Waals surface area contributed by atoms with Crippen molar-refractivity contribution in [2.24, 2.45) is 5.41 Å². The first-order valence-electron chi connectivity index (χ1n) is 7.35. The number of aromatic nitrogens is 3. The second-order valence-corrected chi connectivity index (χ2v) is 5.97. The van der Waals surface area contributed by atoms with Gasteiger partial charge in [0.1, 0.15) is 0 Å². The molecule has 0 aromatic carbocycles. The highest BCUT2D eigenvalue weighted by molar-refractivity contribution is 5.37. The van der Waals surface area contributed by atoms with Gasteiger partial charge in [-0.3, -0.25) is 0 Å². The van der Waals surface area contributed by atoms with E-state index in [2.05, 4.69) is 46.4 Å². The van der Waals surface area contributed by atoms with Crippen LogP contribution in [0.4, 0.5) is 11.9 Å². The molecule has 1 aliphatic carbocycles. The fraction of sp³-hybridized carbons (Fsp3) is 0.786. The number of hydrogen-bond acceptors (Lipinski definition) is 6. The van der Waals surface area contributed by atoms with Gasteiger partial charge in [-0.25, -0.2) is 0 Å². The van der Waals surface area contributed by atoms with Crippen LogP contribution in [0.2, 0.25) is 0 Å². The Morgan fingerprint density at radius 1 is 1.25 bits per heavy atom. The van der Waals surface area contributed by atoms with E-state index in [0.29, 0.717) is 23.9 Å². The lowest BCUT2D eigenvalue weighted by Gasteiger charge is -2.27. The second-order valence-electron chi connectivity index (χ2n) is 5.97. The van der Waals surface area contributed by atoms with Crippen LogP contribution < -0.4 is 15.4 Å². The Hall–Kier alpha value is -1.59. The zero-order valence-corrected chi connectivity index (χ0v) is 12.9. The van der Waals surface area contributed by atoms with Crippen molar-refractivity contribution in [3.05, 3.63) is 0 Å². The second kappa shape index (κ2) is 6.24. The van der Waals surface area contributed by atoms with E-state index in [1.807, 2.05) is 0 Å². The molecule has 2 N–H and O–H groups in total. The van der Waals surface area contributed by atoms with Crippen LogP contribution in [0.25, 0.3) is 0 Å². The first kappa shape index (κ1) is 14.8. The quantitative estimate of drug-likeness (QED) is 0.834. The van der Waals surface area contributed by atoms with Gasteiger partial charge in [-0.1, -0.05) is 27.2 Å². The highest BCUT2D eigenvalue weighted by atomic mass is 16.5. The number of nitrogens with one attached hydrogen (secondary N) is 2. The molecule has 0 saturated heterocycles. The fourth-order valence-electron chi connectivity index (χ4n) is 2.58. The standard InChI is InChI=1S/C14H25N5O/c1-5-9-15-11-17-12(19-13(18-11)20-4)16-10-7-6-8-14(10,2)3/h10H,5-9H2,1-4H3,(H2,15,16,17,18,19). The molecule has 1 saturated carbocycles. The minimum absolute atomic E-state index is 0.275. The monoisotopic (exact) mass is 279 g/mol. The average molecular weight is 279 g/mol. The van der Waals surface area contributed by atoms with E-state index in [4.69, 9.17) is 4.74 Å². The number of hydrogen-bond donors (Lipinski definition) is 2. The first-order chi connectivity index (χ1) is 9.55. The summed E-state index contributed by atoms with van der Waals surface area (Å²) in [6, 6.07) is 0.741. The van der Waals surface area contributed by atoms with Crippen molar-refractivity contribution < 1.29 is 4.74 Å². The number of anilines is 2. The Bertz CT molecular complexity index is 449. The molecule has 1 fully saturated rings. The third kappa shape index (κ3) is 3.49. The van der Waals surface area contributed by atoms with Crippen LogP contribution in [-0.4, -0.2) is 34.6 Å². The van der Waals surface area contributed by atoms with E-state index in [0.717, 1.165) is 19.4 Å². The Labute approximate surface area is 120 Å². The van der Waals surface area contributed by atoms with Crippen molar-refractivity contribution in [3.8, 4) is 6.01 Å². The molecule has 1 aliphatic rings. The van der Waals surface area contributed by atoms with Crippen molar-refractivity contribution in [1.29, 1.82) is 0 Å². The van der Waals surface area contributed by atoms with Gasteiger partial charge in [-0.05, 0) is 24.7 Å². The molecule has 112 valence electrons. The van der Waals surface area contributed by atoms with Crippen LogP contribution in [0.15, 0.2) is 0 Å². The van der Waals surface area contributed by atoms with E-state index in [1.54, 1.807) is 7.11 Å². The van der Waals surface area contributed by atoms with E-state index in [1.165, 1.54) is 12.8 Å². The number of nitrogens with zero attached hydrogens (tertiary/aromatic N) is 3. The lowest BCUT2D eigenvalue weighted by Crippen LogP contribution is -2.31. The topological polar surface area (TPSA) is 72.0 Å². The van der Waals surface area contributed by atoms with Crippen LogP contribution in [0.3, 0.4) is 0 Å². The summed E-state index contributed by atoms with van der Waals surface area (Å²) in [5.41, 5.74) is 0.275. The largest absolute Gasteiger partial charge is 0.467 e. The van der Waals surface area contributed by atoms with Crippen molar-refractivity contribution in [2.75, 3.05) is 24.3 Å².